The average Bonchev–Trinajstić information content (AvgIpc) is 2.94. The van der Waals surface area contributed by atoms with Crippen LogP contribution in [-0.4, -0.2) is 0 Å². The summed E-state index contributed by atoms with van der Waals surface area (Å²) in [4.78, 5) is 12.9. The fourth-order valence-electron chi connectivity index (χ4n) is 5.45. The molecular formula is C35H43FO2. The van der Waals surface area contributed by atoms with Gasteiger partial charge >= 0.3 is 5.63 Å². The van der Waals surface area contributed by atoms with Gasteiger partial charge in [-0.15, -0.1) is 0 Å². The highest BCUT2D eigenvalue weighted by Gasteiger charge is 2.15. The van der Waals surface area contributed by atoms with E-state index in [1.54, 1.807) is 0 Å². The molecule has 2 nitrogen and oxygen atoms in total. The third-order valence-electron chi connectivity index (χ3n) is 7.81. The Kier molecular flexibility index (Phi) is 10.6. The second-order valence-corrected chi connectivity index (χ2v) is 10.8. The normalized spacial score (nSPS) is 11.6. The minimum Gasteiger partial charge on any atom is -0.419 e. The first-order chi connectivity index (χ1) is 18.6. The molecule has 0 aliphatic heterocycles. The van der Waals surface area contributed by atoms with Gasteiger partial charge in [0.2, 0.25) is 0 Å². The lowest BCUT2D eigenvalue weighted by Crippen LogP contribution is -2.03. The zero-order chi connectivity index (χ0) is 26.7. The predicted molar refractivity (Wildman–Crippen MR) is 160 cm³/mol. The highest BCUT2D eigenvalue weighted by molar-refractivity contribution is 6.05. The Morgan fingerprint density at radius 2 is 1.18 bits per heavy atom. The maximum atomic E-state index is 15.3. The van der Waals surface area contributed by atoms with Crippen molar-refractivity contribution >= 4 is 21.7 Å². The second-order valence-electron chi connectivity index (χ2n) is 10.8. The van der Waals surface area contributed by atoms with E-state index in [4.69, 9.17) is 4.42 Å². The van der Waals surface area contributed by atoms with E-state index in [1.807, 2.05) is 30.3 Å². The summed E-state index contributed by atoms with van der Waals surface area (Å²) in [6.45, 7) is 4.44. The van der Waals surface area contributed by atoms with Crippen LogP contribution in [0.1, 0.15) is 102 Å². The summed E-state index contributed by atoms with van der Waals surface area (Å²) in [5.41, 5.74) is 3.62. The summed E-state index contributed by atoms with van der Waals surface area (Å²) in [5, 5.41) is 1.89. The van der Waals surface area contributed by atoms with E-state index in [9.17, 15) is 4.79 Å². The van der Waals surface area contributed by atoms with E-state index in [-0.39, 0.29) is 5.58 Å². The lowest BCUT2D eigenvalue weighted by molar-refractivity contribution is 0.521. The van der Waals surface area contributed by atoms with Gasteiger partial charge in [0.05, 0.1) is 5.39 Å². The van der Waals surface area contributed by atoms with Gasteiger partial charge < -0.3 is 4.42 Å². The van der Waals surface area contributed by atoms with Crippen LogP contribution < -0.4 is 5.63 Å². The molecule has 0 aliphatic rings. The zero-order valence-electron chi connectivity index (χ0n) is 23.3. The van der Waals surface area contributed by atoms with Crippen molar-refractivity contribution in [1.82, 2.24) is 0 Å². The molecule has 0 N–H and O–H groups in total. The lowest BCUT2D eigenvalue weighted by atomic mass is 9.97. The molecule has 0 bridgehead atoms. The second kappa shape index (κ2) is 14.3. The number of fused-ring (bicyclic) bond motifs is 3. The average molecular weight is 515 g/mol. The van der Waals surface area contributed by atoms with Crippen LogP contribution in [0.5, 0.6) is 0 Å². The number of aryl methyl sites for hydroxylation is 2. The molecule has 38 heavy (non-hydrogen) atoms. The van der Waals surface area contributed by atoms with Crippen molar-refractivity contribution in [3.8, 4) is 11.1 Å². The van der Waals surface area contributed by atoms with E-state index in [0.717, 1.165) is 35.8 Å². The Labute approximate surface area is 227 Å². The first-order valence-electron chi connectivity index (χ1n) is 14.9. The van der Waals surface area contributed by atoms with Gasteiger partial charge in [-0.1, -0.05) is 127 Å². The molecule has 0 saturated carbocycles. The van der Waals surface area contributed by atoms with Gasteiger partial charge in [0.15, 0.2) is 11.4 Å². The van der Waals surface area contributed by atoms with Gasteiger partial charge in [-0.3, -0.25) is 0 Å². The number of benzene rings is 3. The molecule has 0 radical (unpaired) electrons. The quantitative estimate of drug-likeness (QED) is 0.0897. The Hall–Kier alpha value is -2.94. The van der Waals surface area contributed by atoms with Gasteiger partial charge in [0, 0.05) is 10.8 Å². The van der Waals surface area contributed by atoms with Crippen LogP contribution in [-0.2, 0) is 12.8 Å². The van der Waals surface area contributed by atoms with Crippen LogP contribution in [0, 0.1) is 5.82 Å². The van der Waals surface area contributed by atoms with Crippen molar-refractivity contribution < 1.29 is 8.81 Å². The molecule has 0 amide bonds. The van der Waals surface area contributed by atoms with E-state index >= 15 is 4.39 Å². The smallest absolute Gasteiger partial charge is 0.344 e. The topological polar surface area (TPSA) is 30.2 Å². The van der Waals surface area contributed by atoms with Crippen molar-refractivity contribution in [1.29, 1.82) is 0 Å². The van der Waals surface area contributed by atoms with Gasteiger partial charge in [-0.2, -0.15) is 0 Å². The molecule has 1 heterocycles. The molecule has 0 fully saturated rings. The highest BCUT2D eigenvalue weighted by Crippen LogP contribution is 2.30. The molecule has 0 spiro atoms. The Balaban J connectivity index is 1.46. The molecule has 0 aliphatic carbocycles. The first kappa shape index (κ1) is 28.1. The van der Waals surface area contributed by atoms with Crippen molar-refractivity contribution in [2.75, 3.05) is 0 Å². The number of halogens is 1. The highest BCUT2D eigenvalue weighted by atomic mass is 19.1. The maximum Gasteiger partial charge on any atom is 0.344 e. The molecular weight excluding hydrogens is 471 g/mol. The van der Waals surface area contributed by atoms with Gasteiger partial charge in [-0.25, -0.2) is 9.18 Å². The summed E-state index contributed by atoms with van der Waals surface area (Å²) in [6, 6.07) is 18.2. The van der Waals surface area contributed by atoms with Crippen LogP contribution in [0.3, 0.4) is 0 Å². The SMILES string of the molecule is CCCCCCCCCc1ccc(-c2ccc3c(c2)c(=O)oc2c(F)c(CCCCCCC)ccc23)cc1. The first-order valence-corrected chi connectivity index (χ1v) is 14.9. The molecule has 3 aromatic carbocycles. The maximum absolute atomic E-state index is 15.3. The van der Waals surface area contributed by atoms with Crippen LogP contribution in [0.15, 0.2) is 63.8 Å². The van der Waals surface area contributed by atoms with Gasteiger partial charge in [-0.05, 0) is 54.0 Å². The Morgan fingerprint density at radius 3 is 1.87 bits per heavy atom. The van der Waals surface area contributed by atoms with Gasteiger partial charge in [0.25, 0.3) is 0 Å². The standard InChI is InChI=1S/C35H43FO2/c1-3-5-7-9-10-12-13-15-26-17-19-27(20-18-26)29-22-23-30-31-24-21-28(16-14-11-8-6-4-2)33(36)34(31)38-35(37)32(30)25-29/h17-25H,3-16H2,1-2H3. The minimum atomic E-state index is -0.482. The third kappa shape index (κ3) is 7.12. The van der Waals surface area contributed by atoms with Crippen molar-refractivity contribution in [3.63, 3.8) is 0 Å². The van der Waals surface area contributed by atoms with E-state index in [0.29, 0.717) is 22.8 Å². The number of unbranched alkanes of at least 4 members (excludes halogenated alkanes) is 10. The van der Waals surface area contributed by atoms with Crippen molar-refractivity contribution in [2.24, 2.45) is 0 Å². The van der Waals surface area contributed by atoms with Crippen LogP contribution in [0.4, 0.5) is 4.39 Å². The van der Waals surface area contributed by atoms with Crippen molar-refractivity contribution in [2.45, 2.75) is 104 Å². The summed E-state index contributed by atoms with van der Waals surface area (Å²) in [7, 11) is 0. The third-order valence-corrected chi connectivity index (χ3v) is 7.81. The lowest BCUT2D eigenvalue weighted by Gasteiger charge is -2.10. The molecule has 0 unspecified atom stereocenters. The molecule has 4 aromatic rings. The summed E-state index contributed by atoms with van der Waals surface area (Å²) in [5.74, 6) is -0.391. The minimum absolute atomic E-state index is 0.0797. The molecule has 0 saturated heterocycles. The summed E-state index contributed by atoms with van der Waals surface area (Å²) >= 11 is 0. The van der Waals surface area contributed by atoms with Crippen LogP contribution >= 0.6 is 0 Å². The molecule has 3 heteroatoms. The molecule has 0 atom stereocenters. The van der Waals surface area contributed by atoms with E-state index in [2.05, 4.69) is 38.1 Å². The number of hydrogen-bond acceptors (Lipinski definition) is 2. The molecule has 4 rings (SSSR count). The Morgan fingerprint density at radius 1 is 0.605 bits per heavy atom. The monoisotopic (exact) mass is 514 g/mol. The molecule has 1 aromatic heterocycles. The summed E-state index contributed by atoms with van der Waals surface area (Å²) in [6.07, 6.45) is 16.6. The van der Waals surface area contributed by atoms with Gasteiger partial charge in [0.1, 0.15) is 0 Å². The predicted octanol–water partition coefficient (Wildman–Crippen LogP) is 10.6. The fourth-order valence-corrected chi connectivity index (χ4v) is 5.45. The van der Waals surface area contributed by atoms with Crippen LogP contribution in [0.2, 0.25) is 0 Å². The van der Waals surface area contributed by atoms with E-state index < -0.39 is 11.4 Å². The number of rotatable bonds is 15. The van der Waals surface area contributed by atoms with E-state index in [1.165, 1.54) is 69.8 Å². The van der Waals surface area contributed by atoms with Crippen molar-refractivity contribution in [3.05, 3.63) is 82.0 Å². The fraction of sp³-hybridized carbons (Fsp3) is 0.457. The number of hydrogen-bond donors (Lipinski definition) is 0. The molecule has 202 valence electrons. The largest absolute Gasteiger partial charge is 0.419 e. The zero-order valence-corrected chi connectivity index (χ0v) is 23.3. The Bertz CT molecular complexity index is 1370. The van der Waals surface area contributed by atoms with Crippen LogP contribution in [0.25, 0.3) is 32.9 Å². The summed E-state index contributed by atoms with van der Waals surface area (Å²) < 4.78 is 20.8.